The molecule has 1 aromatic carbocycles. The van der Waals surface area contributed by atoms with Gasteiger partial charge in [-0.05, 0) is 61.4 Å². The summed E-state index contributed by atoms with van der Waals surface area (Å²) in [5.74, 6) is 0.757. The van der Waals surface area contributed by atoms with Crippen molar-refractivity contribution in [1.82, 2.24) is 9.97 Å². The maximum Gasteiger partial charge on any atom is 0.339 e. The molecule has 0 radical (unpaired) electrons. The summed E-state index contributed by atoms with van der Waals surface area (Å²) in [5.41, 5.74) is 4.07. The average molecular weight is 478 g/mol. The van der Waals surface area contributed by atoms with Gasteiger partial charge in [0.25, 0.3) is 0 Å². The lowest BCUT2D eigenvalue weighted by atomic mass is 10.0. The van der Waals surface area contributed by atoms with E-state index in [9.17, 15) is 9.90 Å². The Kier molecular flexibility index (Phi) is 6.46. The number of anilines is 4. The Hall–Kier alpha value is -3.43. The van der Waals surface area contributed by atoms with Crippen LogP contribution in [0.15, 0.2) is 59.1 Å². The fourth-order valence-corrected chi connectivity index (χ4v) is 5.01. The second-order valence-corrected chi connectivity index (χ2v) is 9.27. The van der Waals surface area contributed by atoms with E-state index in [0.29, 0.717) is 23.0 Å². The Balaban J connectivity index is 1.36. The number of allylic oxidation sites excluding steroid dienone is 2. The number of aliphatic hydroxyl groups is 1. The first-order valence-corrected chi connectivity index (χ1v) is 12.3. The Labute approximate surface area is 202 Å². The van der Waals surface area contributed by atoms with Crippen molar-refractivity contribution in [2.24, 2.45) is 0 Å². The van der Waals surface area contributed by atoms with E-state index in [2.05, 4.69) is 32.7 Å². The largest absolute Gasteiger partial charge is 0.465 e. The van der Waals surface area contributed by atoms with Gasteiger partial charge in [-0.25, -0.2) is 9.78 Å². The minimum atomic E-state index is -0.364. The number of benzene rings is 1. The molecule has 2 aromatic heterocycles. The van der Waals surface area contributed by atoms with Crippen molar-refractivity contribution in [3.8, 4) is 0 Å². The molecule has 1 aliphatic heterocycles. The number of nitrogens with zero attached hydrogens (tertiary/aromatic N) is 3. The highest BCUT2D eigenvalue weighted by Crippen LogP contribution is 2.31. The lowest BCUT2D eigenvalue weighted by Gasteiger charge is -2.31. The highest BCUT2D eigenvalue weighted by atomic mass is 32.1. The van der Waals surface area contributed by atoms with Crippen LogP contribution in [0.3, 0.4) is 0 Å². The van der Waals surface area contributed by atoms with Crippen LogP contribution in [0.5, 0.6) is 0 Å². The SMILES string of the molecule is COC(=O)C1=CCCC=C1Nc1nc(Nc2ccc(N3CCC(O)CC3)cc2)nc2ccsc12. The zero-order valence-corrected chi connectivity index (χ0v) is 19.8. The molecule has 5 rings (SSSR count). The van der Waals surface area contributed by atoms with Crippen molar-refractivity contribution in [3.05, 3.63) is 59.1 Å². The van der Waals surface area contributed by atoms with Crippen LogP contribution < -0.4 is 15.5 Å². The molecule has 34 heavy (non-hydrogen) atoms. The standard InChI is InChI=1S/C25H27N5O3S/c1-33-24(32)19-4-2-3-5-20(19)27-23-22-21(12-15-34-22)28-25(29-23)26-16-6-8-17(9-7-16)30-13-10-18(31)11-14-30/h4-9,12,15,18,31H,2-3,10-11,13-14H2,1H3,(H2,26,27,28,29). The average Bonchev–Trinajstić information content (AvgIpc) is 3.34. The lowest BCUT2D eigenvalue weighted by Crippen LogP contribution is -2.35. The Morgan fingerprint density at radius 3 is 2.62 bits per heavy atom. The van der Waals surface area contributed by atoms with Crippen LogP contribution in [0.4, 0.5) is 23.1 Å². The monoisotopic (exact) mass is 477 g/mol. The second-order valence-electron chi connectivity index (χ2n) is 8.35. The van der Waals surface area contributed by atoms with Gasteiger partial charge in [0.2, 0.25) is 5.95 Å². The van der Waals surface area contributed by atoms with Crippen molar-refractivity contribution in [2.45, 2.75) is 31.8 Å². The number of hydrogen-bond donors (Lipinski definition) is 3. The van der Waals surface area contributed by atoms with Gasteiger partial charge in [0.1, 0.15) is 0 Å². The van der Waals surface area contributed by atoms with Crippen LogP contribution in [-0.4, -0.2) is 47.3 Å². The number of thiophene rings is 1. The second kappa shape index (κ2) is 9.82. The van der Waals surface area contributed by atoms with Crippen LogP contribution in [0.25, 0.3) is 10.2 Å². The summed E-state index contributed by atoms with van der Waals surface area (Å²) in [6.45, 7) is 1.72. The zero-order chi connectivity index (χ0) is 23.5. The third-order valence-electron chi connectivity index (χ3n) is 6.07. The summed E-state index contributed by atoms with van der Waals surface area (Å²) in [6, 6.07) is 10.1. The number of aliphatic hydroxyl groups excluding tert-OH is 1. The molecule has 3 aromatic rings. The van der Waals surface area contributed by atoms with E-state index in [1.165, 1.54) is 7.11 Å². The molecular weight excluding hydrogens is 450 g/mol. The topological polar surface area (TPSA) is 99.6 Å². The van der Waals surface area contributed by atoms with E-state index in [1.54, 1.807) is 11.3 Å². The van der Waals surface area contributed by atoms with Gasteiger partial charge >= 0.3 is 5.97 Å². The third-order valence-corrected chi connectivity index (χ3v) is 6.98. The number of nitrogens with one attached hydrogen (secondary N) is 2. The number of hydrogen-bond acceptors (Lipinski definition) is 9. The van der Waals surface area contributed by atoms with E-state index >= 15 is 0 Å². The minimum absolute atomic E-state index is 0.187. The van der Waals surface area contributed by atoms with Crippen molar-refractivity contribution in [2.75, 3.05) is 35.7 Å². The fraction of sp³-hybridized carbons (Fsp3) is 0.320. The van der Waals surface area contributed by atoms with Gasteiger partial charge in [0, 0.05) is 30.2 Å². The first-order valence-electron chi connectivity index (χ1n) is 11.4. The van der Waals surface area contributed by atoms with Gasteiger partial charge in [0.15, 0.2) is 5.82 Å². The third kappa shape index (κ3) is 4.76. The Morgan fingerprint density at radius 1 is 1.09 bits per heavy atom. The van der Waals surface area contributed by atoms with E-state index in [0.717, 1.165) is 60.4 Å². The number of carbonyl (C=O) groups excluding carboxylic acids is 1. The normalized spacial score (nSPS) is 16.7. The van der Waals surface area contributed by atoms with Gasteiger partial charge < -0.3 is 25.4 Å². The molecule has 0 bridgehead atoms. The van der Waals surface area contributed by atoms with Crippen LogP contribution in [0.2, 0.25) is 0 Å². The summed E-state index contributed by atoms with van der Waals surface area (Å²) >= 11 is 1.55. The summed E-state index contributed by atoms with van der Waals surface area (Å²) in [4.78, 5) is 23.9. The molecule has 176 valence electrons. The molecule has 0 amide bonds. The predicted octanol–water partition coefficient (Wildman–Crippen LogP) is 4.59. The molecule has 1 saturated heterocycles. The maximum absolute atomic E-state index is 12.2. The van der Waals surface area contributed by atoms with Gasteiger partial charge in [-0.3, -0.25) is 0 Å². The lowest BCUT2D eigenvalue weighted by molar-refractivity contribution is -0.135. The summed E-state index contributed by atoms with van der Waals surface area (Å²) < 4.78 is 5.87. The predicted molar refractivity (Wildman–Crippen MR) is 136 cm³/mol. The molecular formula is C25H27N5O3S. The Morgan fingerprint density at radius 2 is 1.85 bits per heavy atom. The van der Waals surface area contributed by atoms with Crippen molar-refractivity contribution >= 4 is 50.7 Å². The molecule has 0 atom stereocenters. The summed E-state index contributed by atoms with van der Waals surface area (Å²) in [5, 5.41) is 18.4. The van der Waals surface area contributed by atoms with Crippen molar-refractivity contribution < 1.29 is 14.6 Å². The van der Waals surface area contributed by atoms with Crippen molar-refractivity contribution in [3.63, 3.8) is 0 Å². The molecule has 9 heteroatoms. The highest BCUT2D eigenvalue weighted by Gasteiger charge is 2.20. The molecule has 0 saturated carbocycles. The molecule has 3 N–H and O–H groups in total. The zero-order valence-electron chi connectivity index (χ0n) is 19.0. The molecule has 0 spiro atoms. The van der Waals surface area contributed by atoms with E-state index < -0.39 is 0 Å². The Bertz CT molecular complexity index is 1240. The highest BCUT2D eigenvalue weighted by molar-refractivity contribution is 7.17. The quantitative estimate of drug-likeness (QED) is 0.444. The first kappa shape index (κ1) is 22.4. The number of esters is 1. The number of rotatable bonds is 6. The van der Waals surface area contributed by atoms with E-state index in [1.807, 2.05) is 35.7 Å². The molecule has 3 heterocycles. The molecule has 2 aliphatic rings. The van der Waals surface area contributed by atoms with Gasteiger partial charge in [0.05, 0.1) is 29.0 Å². The summed E-state index contributed by atoms with van der Waals surface area (Å²) in [7, 11) is 1.39. The minimum Gasteiger partial charge on any atom is -0.465 e. The molecule has 1 aliphatic carbocycles. The summed E-state index contributed by atoms with van der Waals surface area (Å²) in [6.07, 6.45) is 6.95. The first-order chi connectivity index (χ1) is 16.6. The van der Waals surface area contributed by atoms with Crippen LogP contribution in [0.1, 0.15) is 25.7 Å². The van der Waals surface area contributed by atoms with E-state index in [4.69, 9.17) is 9.72 Å². The maximum atomic E-state index is 12.2. The van der Waals surface area contributed by atoms with Gasteiger partial charge in [-0.15, -0.1) is 11.3 Å². The van der Waals surface area contributed by atoms with Crippen LogP contribution >= 0.6 is 11.3 Å². The number of piperidine rings is 1. The molecule has 8 nitrogen and oxygen atoms in total. The van der Waals surface area contributed by atoms with Gasteiger partial charge in [-0.2, -0.15) is 4.98 Å². The number of fused-ring (bicyclic) bond motifs is 1. The van der Waals surface area contributed by atoms with Crippen LogP contribution in [-0.2, 0) is 9.53 Å². The van der Waals surface area contributed by atoms with Crippen LogP contribution in [0, 0.1) is 0 Å². The van der Waals surface area contributed by atoms with Gasteiger partial charge in [-0.1, -0.05) is 12.2 Å². The number of aromatic nitrogens is 2. The number of carbonyl (C=O) groups is 1. The van der Waals surface area contributed by atoms with Crippen molar-refractivity contribution in [1.29, 1.82) is 0 Å². The number of ether oxygens (including phenoxy) is 1. The molecule has 1 fully saturated rings. The van der Waals surface area contributed by atoms with E-state index in [-0.39, 0.29) is 12.1 Å². The number of methoxy groups -OCH3 is 1. The fourth-order valence-electron chi connectivity index (χ4n) is 4.24. The molecule has 0 unspecified atom stereocenters. The smallest absolute Gasteiger partial charge is 0.339 e.